The molecular formula is C80H75F6N9O9S3. The molecule has 0 bridgehead atoms. The molecule has 3 saturated heterocycles. The lowest BCUT2D eigenvalue weighted by Gasteiger charge is -2.52. The van der Waals surface area contributed by atoms with Crippen molar-refractivity contribution in [2.45, 2.75) is 142 Å². The number of aromatic nitrogens is 3. The van der Waals surface area contributed by atoms with Gasteiger partial charge in [0.05, 0.1) is 20.8 Å². The van der Waals surface area contributed by atoms with Crippen LogP contribution in [0.25, 0.3) is 0 Å². The maximum atomic E-state index is 15.5. The Morgan fingerprint density at radius 1 is 0.393 bits per heavy atom. The Morgan fingerprint density at radius 3 is 1.14 bits per heavy atom. The molecule has 3 fully saturated rings. The van der Waals surface area contributed by atoms with Crippen molar-refractivity contribution in [3.63, 3.8) is 0 Å². The van der Waals surface area contributed by atoms with Crippen molar-refractivity contribution >= 4 is 53.0 Å². The normalized spacial score (nSPS) is 25.9. The minimum atomic E-state index is -2.44. The maximum absolute atomic E-state index is 15.5. The first-order chi connectivity index (χ1) is 53.8. The summed E-state index contributed by atoms with van der Waals surface area (Å²) < 4.78 is 149. The van der Waals surface area contributed by atoms with E-state index < -0.39 is 145 Å². The summed E-state index contributed by atoms with van der Waals surface area (Å²) in [4.78, 5) is 84.1. The topological polar surface area (TPSA) is 197 Å². The molecule has 6 aromatic carbocycles. The largest absolute Gasteiger partial charge is 0.502 e. The Morgan fingerprint density at radius 2 is 0.720 bits per heavy atom. The van der Waals surface area contributed by atoms with Gasteiger partial charge < -0.3 is 30.0 Å². The van der Waals surface area contributed by atoms with E-state index in [-0.39, 0.29) is 68.4 Å². The molecule has 3 aromatic heterocycles. The van der Waals surface area contributed by atoms with E-state index in [4.69, 9.17) is 5.48 Å². The Hall–Kier alpha value is -9.99. The standard InChI is InChI=1S/3C26H23F2N3O3S.C2H6/c3*1-14-6-9-21-29(12-14)26(34)24-25(33)19(32)10-11-30(24)31(21)23-15-7-8-18(27)22(28)17(15)13-35-20-5-3-2-4-16(20)23;1-2/h3*2-5,7-8,10-11,14,21,23,33H,6,9,12-13H2,1H3;1-2H3/t14-,21-,23+;2*14-,21-,23-;/m111./s1/i13D2;13D2,23D;23D;. The molecule has 3 amide bonds. The molecule has 9 aliphatic rings. The van der Waals surface area contributed by atoms with Crippen LogP contribution in [0, 0.1) is 52.7 Å². The summed E-state index contributed by atoms with van der Waals surface area (Å²) in [7, 11) is 0. The van der Waals surface area contributed by atoms with Crippen LogP contribution in [0.3, 0.4) is 0 Å². The third-order valence-corrected chi connectivity index (χ3v) is 23.7. The molecule has 3 N–H and O–H groups in total. The molecule has 18 nitrogen and oxygen atoms in total. The first-order valence-corrected chi connectivity index (χ1v) is 37.8. The number of hydrogen-bond acceptors (Lipinski definition) is 15. The molecule has 9 aromatic rings. The number of hydrogen-bond donors (Lipinski definition) is 3. The number of piperidine rings is 3. The molecule has 0 unspecified atom stereocenters. The van der Waals surface area contributed by atoms with Crippen molar-refractivity contribution in [2.24, 2.45) is 17.8 Å². The van der Waals surface area contributed by atoms with Gasteiger partial charge in [-0.05, 0) is 126 Å². The van der Waals surface area contributed by atoms with E-state index in [1.807, 2.05) is 46.8 Å². The van der Waals surface area contributed by atoms with Crippen LogP contribution in [0.4, 0.5) is 26.3 Å². The number of rotatable bonds is 3. The summed E-state index contributed by atoms with van der Waals surface area (Å²) in [6, 6.07) is 26.3. The molecule has 107 heavy (non-hydrogen) atoms. The summed E-state index contributed by atoms with van der Waals surface area (Å²) in [5.74, 6) is -10.2. The minimum absolute atomic E-state index is 0.0747. The van der Waals surface area contributed by atoms with Gasteiger partial charge in [0.15, 0.2) is 69.2 Å². The van der Waals surface area contributed by atoms with Crippen LogP contribution in [0.5, 0.6) is 17.2 Å². The molecule has 12 heterocycles. The van der Waals surface area contributed by atoms with E-state index in [0.717, 1.165) is 65.9 Å². The maximum Gasteiger partial charge on any atom is 0.278 e. The molecule has 9 aliphatic heterocycles. The number of amides is 3. The minimum Gasteiger partial charge on any atom is -0.502 e. The van der Waals surface area contributed by atoms with Gasteiger partial charge in [-0.2, -0.15) is 0 Å². The van der Waals surface area contributed by atoms with Crippen LogP contribution in [-0.2, 0) is 17.2 Å². The highest BCUT2D eigenvalue weighted by molar-refractivity contribution is 7.99. The van der Waals surface area contributed by atoms with Crippen molar-refractivity contribution in [1.29, 1.82) is 0 Å². The summed E-state index contributed by atoms with van der Waals surface area (Å²) in [6.07, 6.45) is 5.93. The Bertz CT molecular complexity index is 5640. The molecule has 0 aliphatic carbocycles. The summed E-state index contributed by atoms with van der Waals surface area (Å²) >= 11 is 2.79. The highest BCUT2D eigenvalue weighted by Crippen LogP contribution is 2.51. The monoisotopic (exact) mass is 1520 g/mol. The van der Waals surface area contributed by atoms with E-state index in [1.54, 1.807) is 80.5 Å². The average molecular weight is 1520 g/mol. The fraction of sp³-hybridized carbons (Fsp3) is 0.325. The molecule has 27 heteroatoms. The van der Waals surface area contributed by atoms with Crippen molar-refractivity contribution in [2.75, 3.05) is 34.7 Å². The van der Waals surface area contributed by atoms with Gasteiger partial charge in [-0.3, -0.25) is 57.8 Å². The second-order valence-corrected chi connectivity index (χ2v) is 30.1. The lowest BCUT2D eigenvalue weighted by Crippen LogP contribution is -2.64. The average Bonchev–Trinajstić information content (AvgIpc) is 1.70. The Kier molecular flexibility index (Phi) is 17.7. The second-order valence-electron chi connectivity index (χ2n) is 27.4. The van der Waals surface area contributed by atoms with Gasteiger partial charge in [0.25, 0.3) is 17.7 Å². The SMILES string of the molecule is CC.[2H]C1([2H])Sc2ccccc2[C@@H](N2[C@@H]3CC[C@@H](C)CN3C(=O)c3c(O)c(=O)ccn32)c2ccc(F)c(F)c21.[2H]C1([2H])Sc2ccccc2[C@]([2H])(N2[C@@H]3CC[C@@H](C)CN3C(=O)c3c(O)c(=O)ccn32)c2ccc(F)c(F)c21.[2H][C@]1(N2[C@@H]3CC[C@@H](C)CN3C(=O)c3c(O)c(=O)ccn32)c2ccccc2SCc2c1ccc(F)c2F. The van der Waals surface area contributed by atoms with Crippen LogP contribution < -0.4 is 31.3 Å². The smallest absolute Gasteiger partial charge is 0.278 e. The van der Waals surface area contributed by atoms with Gasteiger partial charge in [-0.1, -0.05) is 107 Å². The first kappa shape index (κ1) is 65.3. The quantitative estimate of drug-likeness (QED) is 0.141. The van der Waals surface area contributed by atoms with Crippen molar-refractivity contribution < 1.29 is 64.3 Å². The number of nitrogens with zero attached hydrogens (tertiary/aromatic N) is 9. The predicted octanol–water partition coefficient (Wildman–Crippen LogP) is 14.2. The first-order valence-electron chi connectivity index (χ1n) is 38.2. The highest BCUT2D eigenvalue weighted by Gasteiger charge is 2.51. The molecule has 0 spiro atoms. The van der Waals surface area contributed by atoms with Crippen molar-refractivity contribution in [3.05, 3.63) is 279 Å². The number of fused-ring (bicyclic) bond motifs is 12. The Balaban J connectivity index is 0.000000132. The third-order valence-electron chi connectivity index (χ3n) is 20.8. The molecule has 0 radical (unpaired) electrons. The summed E-state index contributed by atoms with van der Waals surface area (Å²) in [5, 5.41) is 37.1. The van der Waals surface area contributed by atoms with Crippen LogP contribution in [0.2, 0.25) is 0 Å². The highest BCUT2D eigenvalue weighted by atomic mass is 32.2. The summed E-state index contributed by atoms with van der Waals surface area (Å²) in [6.45, 7) is 11.1. The fourth-order valence-corrected chi connectivity index (χ4v) is 18.6. The number of pyridine rings is 3. The lowest BCUT2D eigenvalue weighted by molar-refractivity contribution is 0.0376. The van der Waals surface area contributed by atoms with Crippen LogP contribution in [0.1, 0.15) is 181 Å². The number of aromatic hydroxyl groups is 3. The lowest BCUT2D eigenvalue weighted by atomic mass is 9.90. The van der Waals surface area contributed by atoms with Gasteiger partial charge in [0.1, 0.15) is 18.5 Å². The molecule has 9 atom stereocenters. The predicted molar refractivity (Wildman–Crippen MR) is 395 cm³/mol. The van der Waals surface area contributed by atoms with E-state index in [0.29, 0.717) is 78.0 Å². The second kappa shape index (κ2) is 29.0. The van der Waals surface area contributed by atoms with Gasteiger partial charge in [0, 0.05) is 110 Å². The number of halogens is 6. The van der Waals surface area contributed by atoms with Gasteiger partial charge in [0.2, 0.25) is 16.3 Å². The van der Waals surface area contributed by atoms with Gasteiger partial charge in [-0.25, -0.2) is 26.3 Å². The molecule has 18 rings (SSSR count). The van der Waals surface area contributed by atoms with Crippen LogP contribution in [0.15, 0.2) is 175 Å². The van der Waals surface area contributed by atoms with E-state index in [1.165, 1.54) is 72.5 Å². The van der Waals surface area contributed by atoms with E-state index in [2.05, 4.69) is 0 Å². The van der Waals surface area contributed by atoms with Crippen molar-refractivity contribution in [3.8, 4) is 17.2 Å². The molecule has 0 saturated carbocycles. The molecular weight excluding hydrogens is 1440 g/mol. The van der Waals surface area contributed by atoms with E-state index in [9.17, 15) is 60.0 Å². The van der Waals surface area contributed by atoms with Gasteiger partial charge in [-0.15, -0.1) is 35.3 Å². The third kappa shape index (κ3) is 12.3. The Labute approximate surface area is 632 Å². The number of carbonyl (C=O) groups is 3. The van der Waals surface area contributed by atoms with Crippen molar-refractivity contribution in [1.82, 2.24) is 28.7 Å². The number of benzene rings is 6. The van der Waals surface area contributed by atoms with E-state index >= 15 is 13.2 Å². The zero-order valence-corrected chi connectivity index (χ0v) is 60.7. The molecule has 554 valence electrons. The van der Waals surface area contributed by atoms with Crippen LogP contribution >= 0.6 is 35.3 Å². The summed E-state index contributed by atoms with van der Waals surface area (Å²) in [5.41, 5.74) is -6.86. The number of thioether (sulfide) groups is 3. The van der Waals surface area contributed by atoms with Crippen LogP contribution in [-0.4, -0.2) is 99.9 Å². The number of carbonyl (C=O) groups excluding carboxylic acids is 3. The zero-order valence-electron chi connectivity index (χ0n) is 64.3. The fourth-order valence-electron chi connectivity index (χ4n) is 15.8. The zero-order chi connectivity index (χ0) is 80.7. The van der Waals surface area contributed by atoms with Gasteiger partial charge >= 0.3 is 0 Å².